The van der Waals surface area contributed by atoms with E-state index in [-0.39, 0.29) is 12.1 Å². The van der Waals surface area contributed by atoms with Crippen LogP contribution in [0.2, 0.25) is 5.02 Å². The van der Waals surface area contributed by atoms with Gasteiger partial charge in [0, 0.05) is 23.0 Å². The van der Waals surface area contributed by atoms with Crippen molar-refractivity contribution in [3.05, 3.63) is 28.8 Å². The standard InChI is InChI=1S/C14H20ClNO/c1-2-3-4-5-11-9-13(16)12-8-10(15)6-7-14(12)17-11/h6-8,11,13H,2-5,9,16H2,1H3. The Morgan fingerprint density at radius 2 is 2.24 bits per heavy atom. The van der Waals surface area contributed by atoms with E-state index in [1.807, 2.05) is 18.2 Å². The van der Waals surface area contributed by atoms with E-state index in [0.717, 1.165) is 29.2 Å². The number of fused-ring (bicyclic) bond motifs is 1. The first-order valence-corrected chi connectivity index (χ1v) is 6.80. The van der Waals surface area contributed by atoms with Crippen molar-refractivity contribution in [2.24, 2.45) is 5.73 Å². The number of hydrogen-bond donors (Lipinski definition) is 1. The number of hydrogen-bond acceptors (Lipinski definition) is 2. The molecule has 0 saturated heterocycles. The zero-order valence-corrected chi connectivity index (χ0v) is 11.0. The van der Waals surface area contributed by atoms with E-state index < -0.39 is 0 Å². The second-order valence-electron chi connectivity index (χ2n) is 4.76. The lowest BCUT2D eigenvalue weighted by Crippen LogP contribution is -2.29. The zero-order chi connectivity index (χ0) is 12.3. The summed E-state index contributed by atoms with van der Waals surface area (Å²) >= 11 is 5.97. The van der Waals surface area contributed by atoms with E-state index >= 15 is 0 Å². The number of rotatable bonds is 4. The van der Waals surface area contributed by atoms with Gasteiger partial charge in [-0.1, -0.05) is 31.4 Å². The molecular formula is C14H20ClNO. The van der Waals surface area contributed by atoms with Crippen LogP contribution in [0.3, 0.4) is 0 Å². The molecule has 94 valence electrons. The molecule has 0 saturated carbocycles. The van der Waals surface area contributed by atoms with Gasteiger partial charge in [0.15, 0.2) is 0 Å². The molecule has 3 heteroatoms. The molecular weight excluding hydrogens is 234 g/mol. The summed E-state index contributed by atoms with van der Waals surface area (Å²) in [6.45, 7) is 2.21. The van der Waals surface area contributed by atoms with Gasteiger partial charge in [-0.2, -0.15) is 0 Å². The van der Waals surface area contributed by atoms with E-state index in [4.69, 9.17) is 22.1 Å². The molecule has 1 aromatic rings. The fourth-order valence-electron chi connectivity index (χ4n) is 2.35. The van der Waals surface area contributed by atoms with Gasteiger partial charge in [0.25, 0.3) is 0 Å². The normalized spacial score (nSPS) is 23.0. The van der Waals surface area contributed by atoms with Crippen LogP contribution in [0.1, 0.15) is 50.6 Å². The van der Waals surface area contributed by atoms with Crippen molar-refractivity contribution in [1.82, 2.24) is 0 Å². The molecule has 0 bridgehead atoms. The predicted octanol–water partition coefficient (Wildman–Crippen LogP) is 4.07. The van der Waals surface area contributed by atoms with Crippen LogP contribution in [0.5, 0.6) is 5.75 Å². The molecule has 0 aliphatic carbocycles. The molecule has 2 nitrogen and oxygen atoms in total. The van der Waals surface area contributed by atoms with Crippen LogP contribution >= 0.6 is 11.6 Å². The molecule has 0 radical (unpaired) electrons. The fraction of sp³-hybridized carbons (Fsp3) is 0.571. The molecule has 1 aliphatic rings. The van der Waals surface area contributed by atoms with Crippen molar-refractivity contribution in [1.29, 1.82) is 0 Å². The van der Waals surface area contributed by atoms with Gasteiger partial charge in [-0.25, -0.2) is 0 Å². The summed E-state index contributed by atoms with van der Waals surface area (Å²) in [5.74, 6) is 0.912. The Kier molecular flexibility index (Phi) is 4.30. The summed E-state index contributed by atoms with van der Waals surface area (Å²) in [4.78, 5) is 0. The number of halogens is 1. The monoisotopic (exact) mass is 253 g/mol. The highest BCUT2D eigenvalue weighted by Crippen LogP contribution is 2.36. The van der Waals surface area contributed by atoms with Crippen molar-refractivity contribution < 1.29 is 4.74 Å². The van der Waals surface area contributed by atoms with Gasteiger partial charge in [0.2, 0.25) is 0 Å². The zero-order valence-electron chi connectivity index (χ0n) is 10.3. The lowest BCUT2D eigenvalue weighted by atomic mass is 9.94. The SMILES string of the molecule is CCCCCC1CC(N)c2cc(Cl)ccc2O1. The molecule has 1 aromatic carbocycles. The lowest BCUT2D eigenvalue weighted by molar-refractivity contribution is 0.147. The molecule has 17 heavy (non-hydrogen) atoms. The summed E-state index contributed by atoms with van der Waals surface area (Å²) in [5.41, 5.74) is 7.22. The maximum atomic E-state index is 6.17. The van der Waals surface area contributed by atoms with E-state index in [2.05, 4.69) is 6.92 Å². The Labute approximate surface area is 108 Å². The van der Waals surface area contributed by atoms with Crippen molar-refractivity contribution in [2.75, 3.05) is 0 Å². The van der Waals surface area contributed by atoms with Gasteiger partial charge in [-0.15, -0.1) is 0 Å². The van der Waals surface area contributed by atoms with Gasteiger partial charge < -0.3 is 10.5 Å². The van der Waals surface area contributed by atoms with Crippen LogP contribution in [0.4, 0.5) is 0 Å². The first-order valence-electron chi connectivity index (χ1n) is 6.42. The van der Waals surface area contributed by atoms with Crippen molar-refractivity contribution >= 4 is 11.6 Å². The summed E-state index contributed by atoms with van der Waals surface area (Å²) in [7, 11) is 0. The van der Waals surface area contributed by atoms with E-state index in [9.17, 15) is 0 Å². The fourth-order valence-corrected chi connectivity index (χ4v) is 2.53. The quantitative estimate of drug-likeness (QED) is 0.821. The summed E-state index contributed by atoms with van der Waals surface area (Å²) < 4.78 is 5.97. The Hall–Kier alpha value is -0.730. The average Bonchev–Trinajstić information content (AvgIpc) is 2.31. The first-order chi connectivity index (χ1) is 8.20. The average molecular weight is 254 g/mol. The van der Waals surface area contributed by atoms with Gasteiger partial charge in [0.05, 0.1) is 0 Å². The molecule has 0 aromatic heterocycles. The lowest BCUT2D eigenvalue weighted by Gasteiger charge is -2.30. The minimum absolute atomic E-state index is 0.0593. The maximum Gasteiger partial charge on any atom is 0.124 e. The van der Waals surface area contributed by atoms with Crippen LogP contribution < -0.4 is 10.5 Å². The molecule has 1 aliphatic heterocycles. The molecule has 2 rings (SSSR count). The molecule has 0 spiro atoms. The Morgan fingerprint density at radius 3 is 3.00 bits per heavy atom. The number of benzene rings is 1. The van der Waals surface area contributed by atoms with Crippen LogP contribution in [-0.4, -0.2) is 6.10 Å². The second-order valence-corrected chi connectivity index (χ2v) is 5.20. The van der Waals surface area contributed by atoms with Gasteiger partial charge in [-0.05, 0) is 31.0 Å². The highest BCUT2D eigenvalue weighted by Gasteiger charge is 2.25. The largest absolute Gasteiger partial charge is 0.490 e. The topological polar surface area (TPSA) is 35.2 Å². The summed E-state index contributed by atoms with van der Waals surface area (Å²) in [6.07, 6.45) is 6.00. The Bertz CT molecular complexity index is 380. The second kappa shape index (κ2) is 5.74. The summed E-state index contributed by atoms with van der Waals surface area (Å²) in [5, 5.41) is 0.729. The van der Waals surface area contributed by atoms with Crippen LogP contribution in [0.25, 0.3) is 0 Å². The van der Waals surface area contributed by atoms with Crippen LogP contribution in [-0.2, 0) is 0 Å². The third kappa shape index (κ3) is 3.14. The Balaban J connectivity index is 2.03. The van der Waals surface area contributed by atoms with Crippen LogP contribution in [0, 0.1) is 0 Å². The van der Waals surface area contributed by atoms with Crippen LogP contribution in [0.15, 0.2) is 18.2 Å². The van der Waals surface area contributed by atoms with Gasteiger partial charge >= 0.3 is 0 Å². The Morgan fingerprint density at radius 1 is 1.41 bits per heavy atom. The minimum Gasteiger partial charge on any atom is -0.490 e. The number of ether oxygens (including phenoxy) is 1. The predicted molar refractivity (Wildman–Crippen MR) is 71.6 cm³/mol. The minimum atomic E-state index is 0.0593. The molecule has 2 unspecified atom stereocenters. The van der Waals surface area contributed by atoms with E-state index in [0.29, 0.717) is 0 Å². The molecule has 1 heterocycles. The smallest absolute Gasteiger partial charge is 0.124 e. The number of unbranched alkanes of at least 4 members (excludes halogenated alkanes) is 2. The third-order valence-corrected chi connectivity index (χ3v) is 3.55. The highest BCUT2D eigenvalue weighted by molar-refractivity contribution is 6.30. The molecule has 2 N–H and O–H groups in total. The molecule has 0 fully saturated rings. The van der Waals surface area contributed by atoms with Crippen molar-refractivity contribution in [3.63, 3.8) is 0 Å². The van der Waals surface area contributed by atoms with E-state index in [1.54, 1.807) is 0 Å². The van der Waals surface area contributed by atoms with Gasteiger partial charge in [0.1, 0.15) is 11.9 Å². The highest BCUT2D eigenvalue weighted by atomic mass is 35.5. The first kappa shape index (κ1) is 12.7. The number of nitrogens with two attached hydrogens (primary N) is 1. The molecule has 2 atom stereocenters. The molecule has 0 amide bonds. The van der Waals surface area contributed by atoms with E-state index in [1.165, 1.54) is 19.3 Å². The van der Waals surface area contributed by atoms with Crippen molar-refractivity contribution in [3.8, 4) is 5.75 Å². The summed E-state index contributed by atoms with van der Waals surface area (Å²) in [6, 6.07) is 5.78. The maximum absolute atomic E-state index is 6.17. The third-order valence-electron chi connectivity index (χ3n) is 3.31. The van der Waals surface area contributed by atoms with Crippen molar-refractivity contribution in [2.45, 2.75) is 51.2 Å². The van der Waals surface area contributed by atoms with Gasteiger partial charge in [-0.3, -0.25) is 0 Å².